The van der Waals surface area contributed by atoms with E-state index in [1.165, 1.54) is 0 Å². The zero-order valence-corrected chi connectivity index (χ0v) is 10.9. The van der Waals surface area contributed by atoms with Crippen LogP contribution < -0.4 is 14.8 Å². The summed E-state index contributed by atoms with van der Waals surface area (Å²) < 4.78 is 10.4. The topological polar surface area (TPSA) is 67.8 Å². The summed E-state index contributed by atoms with van der Waals surface area (Å²) in [7, 11) is 3.20. The highest BCUT2D eigenvalue weighted by atomic mass is 16.5. The number of carboxylic acid groups (broad SMARTS) is 1. The summed E-state index contributed by atoms with van der Waals surface area (Å²) in [6, 6.07) is 5.47. The van der Waals surface area contributed by atoms with Crippen molar-refractivity contribution in [1.29, 1.82) is 0 Å². The highest BCUT2D eigenvalue weighted by Gasteiger charge is 2.09. The van der Waals surface area contributed by atoms with E-state index in [2.05, 4.69) is 5.32 Å². The summed E-state index contributed by atoms with van der Waals surface area (Å²) in [5, 5.41) is 11.8. The van der Waals surface area contributed by atoms with E-state index in [1.807, 2.05) is 19.1 Å². The van der Waals surface area contributed by atoms with Crippen LogP contribution in [-0.2, 0) is 11.3 Å². The SMILES string of the molecule is COc1ccc(CNC(C)CC(=O)O)c(OC)c1. The number of hydrogen-bond acceptors (Lipinski definition) is 4. The van der Waals surface area contributed by atoms with Crippen LogP contribution in [0.4, 0.5) is 0 Å². The Kier molecular flexibility index (Phi) is 5.45. The van der Waals surface area contributed by atoms with Crippen LogP contribution in [0.1, 0.15) is 18.9 Å². The van der Waals surface area contributed by atoms with Crippen LogP contribution in [0.25, 0.3) is 0 Å². The van der Waals surface area contributed by atoms with Gasteiger partial charge in [0.1, 0.15) is 11.5 Å². The average Bonchev–Trinajstić information content (AvgIpc) is 2.35. The lowest BCUT2D eigenvalue weighted by atomic mass is 10.1. The second-order valence-corrected chi connectivity index (χ2v) is 4.06. The molecule has 0 fully saturated rings. The molecule has 0 heterocycles. The Bertz CT molecular complexity index is 406. The van der Waals surface area contributed by atoms with Gasteiger partial charge in [-0.15, -0.1) is 0 Å². The summed E-state index contributed by atoms with van der Waals surface area (Å²) >= 11 is 0. The molecule has 1 aromatic carbocycles. The van der Waals surface area contributed by atoms with Crippen molar-refractivity contribution in [1.82, 2.24) is 5.32 Å². The Balaban J connectivity index is 2.64. The number of aliphatic carboxylic acids is 1. The summed E-state index contributed by atoms with van der Waals surface area (Å²) in [5.74, 6) is 0.648. The van der Waals surface area contributed by atoms with Gasteiger partial charge in [0.2, 0.25) is 0 Å². The van der Waals surface area contributed by atoms with Crippen molar-refractivity contribution in [2.45, 2.75) is 25.9 Å². The monoisotopic (exact) mass is 253 g/mol. The van der Waals surface area contributed by atoms with E-state index < -0.39 is 5.97 Å². The number of carbonyl (C=O) groups is 1. The molecular formula is C13H19NO4. The molecule has 0 aliphatic rings. The minimum absolute atomic E-state index is 0.0886. The third-order valence-electron chi connectivity index (χ3n) is 2.62. The van der Waals surface area contributed by atoms with Gasteiger partial charge in [-0.2, -0.15) is 0 Å². The fourth-order valence-corrected chi connectivity index (χ4v) is 1.62. The van der Waals surface area contributed by atoms with E-state index in [4.69, 9.17) is 14.6 Å². The van der Waals surface area contributed by atoms with Gasteiger partial charge in [0, 0.05) is 24.2 Å². The summed E-state index contributed by atoms with van der Waals surface area (Å²) in [6.45, 7) is 2.39. The summed E-state index contributed by atoms with van der Waals surface area (Å²) in [6.07, 6.45) is 0.0957. The van der Waals surface area contributed by atoms with Crippen molar-refractivity contribution >= 4 is 5.97 Å². The normalized spacial score (nSPS) is 11.9. The van der Waals surface area contributed by atoms with Crippen LogP contribution in [-0.4, -0.2) is 31.3 Å². The molecule has 0 spiro atoms. The fraction of sp³-hybridized carbons (Fsp3) is 0.462. The number of hydrogen-bond donors (Lipinski definition) is 2. The summed E-state index contributed by atoms with van der Waals surface area (Å²) in [5.41, 5.74) is 0.968. The lowest BCUT2D eigenvalue weighted by Gasteiger charge is -2.14. The Morgan fingerprint density at radius 1 is 1.39 bits per heavy atom. The molecule has 0 amide bonds. The standard InChI is InChI=1S/C13H19NO4/c1-9(6-13(15)16)14-8-10-4-5-11(17-2)7-12(10)18-3/h4-5,7,9,14H,6,8H2,1-3H3,(H,15,16). The molecule has 0 aliphatic heterocycles. The molecule has 0 saturated carbocycles. The fourth-order valence-electron chi connectivity index (χ4n) is 1.62. The molecule has 0 aliphatic carbocycles. The quantitative estimate of drug-likeness (QED) is 0.773. The predicted octanol–water partition coefficient (Wildman–Crippen LogP) is 1.66. The molecule has 1 aromatic rings. The van der Waals surface area contributed by atoms with Gasteiger partial charge in [-0.3, -0.25) is 4.79 Å². The molecule has 0 radical (unpaired) electrons. The van der Waals surface area contributed by atoms with Gasteiger partial charge >= 0.3 is 5.97 Å². The molecule has 5 nitrogen and oxygen atoms in total. The Hall–Kier alpha value is -1.75. The molecule has 2 N–H and O–H groups in total. The minimum atomic E-state index is -0.809. The van der Waals surface area contributed by atoms with E-state index in [0.717, 1.165) is 17.1 Å². The van der Waals surface area contributed by atoms with Crippen LogP contribution in [0.2, 0.25) is 0 Å². The van der Waals surface area contributed by atoms with Crippen molar-refractivity contribution in [3.05, 3.63) is 23.8 Å². The Labute approximate surface area is 107 Å². The van der Waals surface area contributed by atoms with E-state index in [0.29, 0.717) is 6.54 Å². The van der Waals surface area contributed by atoms with Gasteiger partial charge in [0.15, 0.2) is 0 Å². The van der Waals surface area contributed by atoms with Crippen molar-refractivity contribution < 1.29 is 19.4 Å². The van der Waals surface area contributed by atoms with Gasteiger partial charge in [-0.05, 0) is 13.0 Å². The third-order valence-corrected chi connectivity index (χ3v) is 2.62. The first-order valence-electron chi connectivity index (χ1n) is 5.73. The number of carboxylic acids is 1. The number of methoxy groups -OCH3 is 2. The molecule has 5 heteroatoms. The number of ether oxygens (including phenoxy) is 2. The highest BCUT2D eigenvalue weighted by Crippen LogP contribution is 2.24. The maximum absolute atomic E-state index is 10.5. The van der Waals surface area contributed by atoms with Gasteiger partial charge in [0.05, 0.1) is 20.6 Å². The summed E-state index contributed by atoms with van der Waals surface area (Å²) in [4.78, 5) is 10.5. The van der Waals surface area contributed by atoms with Crippen molar-refractivity contribution in [2.24, 2.45) is 0 Å². The number of nitrogens with one attached hydrogen (secondary N) is 1. The van der Waals surface area contributed by atoms with E-state index in [9.17, 15) is 4.79 Å². The zero-order valence-electron chi connectivity index (χ0n) is 10.9. The van der Waals surface area contributed by atoms with E-state index in [-0.39, 0.29) is 12.5 Å². The molecule has 0 saturated heterocycles. The minimum Gasteiger partial charge on any atom is -0.497 e. The molecule has 1 atom stereocenters. The smallest absolute Gasteiger partial charge is 0.304 e. The largest absolute Gasteiger partial charge is 0.497 e. The van der Waals surface area contributed by atoms with Crippen molar-refractivity contribution in [3.63, 3.8) is 0 Å². The predicted molar refractivity (Wildman–Crippen MR) is 68.1 cm³/mol. The van der Waals surface area contributed by atoms with Crippen LogP contribution in [0.5, 0.6) is 11.5 Å². The van der Waals surface area contributed by atoms with Crippen molar-refractivity contribution in [2.75, 3.05) is 14.2 Å². The van der Waals surface area contributed by atoms with Crippen LogP contribution >= 0.6 is 0 Å². The van der Waals surface area contributed by atoms with Crippen LogP contribution in [0, 0.1) is 0 Å². The molecule has 18 heavy (non-hydrogen) atoms. The Morgan fingerprint density at radius 2 is 2.11 bits per heavy atom. The van der Waals surface area contributed by atoms with Crippen LogP contribution in [0.3, 0.4) is 0 Å². The molecular weight excluding hydrogens is 234 g/mol. The lowest BCUT2D eigenvalue weighted by molar-refractivity contribution is -0.137. The van der Waals surface area contributed by atoms with Gasteiger partial charge in [-0.1, -0.05) is 6.07 Å². The molecule has 0 bridgehead atoms. The van der Waals surface area contributed by atoms with E-state index in [1.54, 1.807) is 20.3 Å². The van der Waals surface area contributed by atoms with Gasteiger partial charge < -0.3 is 19.9 Å². The molecule has 1 rings (SSSR count). The second-order valence-electron chi connectivity index (χ2n) is 4.06. The van der Waals surface area contributed by atoms with Gasteiger partial charge in [0.25, 0.3) is 0 Å². The van der Waals surface area contributed by atoms with Crippen LogP contribution in [0.15, 0.2) is 18.2 Å². The molecule has 100 valence electrons. The highest BCUT2D eigenvalue weighted by molar-refractivity contribution is 5.67. The maximum Gasteiger partial charge on any atom is 0.304 e. The first-order valence-corrected chi connectivity index (χ1v) is 5.73. The number of rotatable bonds is 7. The van der Waals surface area contributed by atoms with E-state index >= 15 is 0 Å². The molecule has 1 unspecified atom stereocenters. The first kappa shape index (κ1) is 14.3. The molecule has 0 aromatic heterocycles. The zero-order chi connectivity index (χ0) is 13.5. The lowest BCUT2D eigenvalue weighted by Crippen LogP contribution is -2.28. The Morgan fingerprint density at radius 3 is 2.67 bits per heavy atom. The average molecular weight is 253 g/mol. The van der Waals surface area contributed by atoms with Crippen molar-refractivity contribution in [3.8, 4) is 11.5 Å². The number of benzene rings is 1. The first-order chi connectivity index (χ1) is 8.56. The third kappa shape index (κ3) is 4.25. The second kappa shape index (κ2) is 6.86. The van der Waals surface area contributed by atoms with Gasteiger partial charge in [-0.25, -0.2) is 0 Å². The maximum atomic E-state index is 10.5.